The molecule has 0 radical (unpaired) electrons. The number of rotatable bonds is 6. The number of hydrogen-bond acceptors (Lipinski definition) is 4. The number of carbonyl (C=O) groups excluding carboxylic acids is 1. The molecule has 6 heteroatoms. The lowest BCUT2D eigenvalue weighted by molar-refractivity contribution is -0.115. The molecule has 0 spiro atoms. The van der Waals surface area contributed by atoms with Crippen LogP contribution in [0.5, 0.6) is 0 Å². The Hall–Kier alpha value is -1.84. The van der Waals surface area contributed by atoms with Crippen molar-refractivity contribution in [3.63, 3.8) is 0 Å². The van der Waals surface area contributed by atoms with Crippen LogP contribution in [0.1, 0.15) is 36.4 Å². The van der Waals surface area contributed by atoms with Crippen molar-refractivity contribution >= 4 is 39.3 Å². The number of thioether (sulfide) groups is 1. The first-order chi connectivity index (χ1) is 11.7. The van der Waals surface area contributed by atoms with Crippen LogP contribution in [-0.4, -0.2) is 16.6 Å². The van der Waals surface area contributed by atoms with Crippen molar-refractivity contribution in [1.82, 2.24) is 4.98 Å². The molecular weight excluding hydrogens is 386 g/mol. The van der Waals surface area contributed by atoms with Crippen molar-refractivity contribution in [2.45, 2.75) is 30.2 Å². The molecule has 1 heterocycles. The lowest BCUT2D eigenvalue weighted by atomic mass is 10.2. The minimum absolute atomic E-state index is 0.0440. The standard InChI is InChI=1S/C18H16BrN3OS/c19-14-2-1-3-15(10-14)21-17(23)8-9-24-18-13(11-20)6-7-16(22-18)12-4-5-12/h1-3,6-7,10,12H,4-5,8-9H2,(H,21,23). The van der Waals surface area contributed by atoms with E-state index in [0.29, 0.717) is 23.7 Å². The van der Waals surface area contributed by atoms with Crippen LogP contribution in [0.25, 0.3) is 0 Å². The Morgan fingerprint density at radius 2 is 2.21 bits per heavy atom. The van der Waals surface area contributed by atoms with E-state index in [0.717, 1.165) is 20.9 Å². The van der Waals surface area contributed by atoms with Crippen molar-refractivity contribution in [2.75, 3.05) is 11.1 Å². The molecule has 1 aliphatic rings. The highest BCUT2D eigenvalue weighted by atomic mass is 79.9. The molecule has 0 atom stereocenters. The maximum atomic E-state index is 12.0. The molecule has 1 amide bonds. The van der Waals surface area contributed by atoms with E-state index >= 15 is 0 Å². The average molecular weight is 402 g/mol. The second-order valence-corrected chi connectivity index (χ2v) is 7.63. The summed E-state index contributed by atoms with van der Waals surface area (Å²) in [4.78, 5) is 16.6. The Labute approximate surface area is 153 Å². The zero-order valence-corrected chi connectivity index (χ0v) is 15.4. The van der Waals surface area contributed by atoms with Gasteiger partial charge >= 0.3 is 0 Å². The Morgan fingerprint density at radius 1 is 1.38 bits per heavy atom. The molecule has 1 fully saturated rings. The number of nitrogens with one attached hydrogen (secondary N) is 1. The van der Waals surface area contributed by atoms with Gasteiger partial charge in [0.25, 0.3) is 0 Å². The number of pyridine rings is 1. The number of nitriles is 1. The first-order valence-corrected chi connectivity index (χ1v) is 9.53. The van der Waals surface area contributed by atoms with Crippen molar-refractivity contribution in [1.29, 1.82) is 5.26 Å². The molecule has 1 aliphatic carbocycles. The minimum Gasteiger partial charge on any atom is -0.326 e. The largest absolute Gasteiger partial charge is 0.326 e. The highest BCUT2D eigenvalue weighted by molar-refractivity contribution is 9.10. The van der Waals surface area contributed by atoms with Crippen LogP contribution in [0, 0.1) is 11.3 Å². The van der Waals surface area contributed by atoms with Gasteiger partial charge in [0.2, 0.25) is 5.91 Å². The molecule has 0 saturated heterocycles. The number of nitrogens with zero attached hydrogens (tertiary/aromatic N) is 2. The van der Waals surface area contributed by atoms with Crippen LogP contribution < -0.4 is 5.32 Å². The summed E-state index contributed by atoms with van der Waals surface area (Å²) in [6, 6.07) is 13.5. The highest BCUT2D eigenvalue weighted by Crippen LogP contribution is 2.39. The van der Waals surface area contributed by atoms with Crippen LogP contribution in [0.2, 0.25) is 0 Å². The Morgan fingerprint density at radius 3 is 2.92 bits per heavy atom. The predicted molar refractivity (Wildman–Crippen MR) is 99.0 cm³/mol. The topological polar surface area (TPSA) is 65.8 Å². The van der Waals surface area contributed by atoms with Gasteiger partial charge in [-0.25, -0.2) is 4.98 Å². The van der Waals surface area contributed by atoms with Crippen LogP contribution in [0.3, 0.4) is 0 Å². The van der Waals surface area contributed by atoms with Gasteiger partial charge in [0.1, 0.15) is 11.1 Å². The monoisotopic (exact) mass is 401 g/mol. The van der Waals surface area contributed by atoms with Gasteiger partial charge in [-0.2, -0.15) is 5.26 Å². The van der Waals surface area contributed by atoms with Crippen LogP contribution in [0.15, 0.2) is 45.9 Å². The zero-order valence-electron chi connectivity index (χ0n) is 13.0. The van der Waals surface area contributed by atoms with Gasteiger partial charge in [0.15, 0.2) is 0 Å². The number of aromatic nitrogens is 1. The van der Waals surface area contributed by atoms with Gasteiger partial charge in [-0.1, -0.05) is 22.0 Å². The fraction of sp³-hybridized carbons (Fsp3) is 0.278. The van der Waals surface area contributed by atoms with E-state index in [4.69, 9.17) is 0 Å². The predicted octanol–water partition coefficient (Wildman–Crippen LogP) is 4.71. The molecule has 122 valence electrons. The van der Waals surface area contributed by atoms with Crippen molar-refractivity contribution in [2.24, 2.45) is 0 Å². The summed E-state index contributed by atoms with van der Waals surface area (Å²) in [5.41, 5.74) is 2.41. The lowest BCUT2D eigenvalue weighted by Gasteiger charge is -2.07. The number of amides is 1. The molecular formula is C18H16BrN3OS. The SMILES string of the molecule is N#Cc1ccc(C2CC2)nc1SCCC(=O)Nc1cccc(Br)c1. The van der Waals surface area contributed by atoms with Gasteiger partial charge in [0, 0.05) is 33.9 Å². The van der Waals surface area contributed by atoms with E-state index in [-0.39, 0.29) is 5.91 Å². The maximum Gasteiger partial charge on any atom is 0.225 e. The van der Waals surface area contributed by atoms with E-state index < -0.39 is 0 Å². The summed E-state index contributed by atoms with van der Waals surface area (Å²) in [6.07, 6.45) is 2.73. The normalized spacial score (nSPS) is 13.3. The number of carbonyl (C=O) groups is 1. The fourth-order valence-electron chi connectivity index (χ4n) is 2.29. The van der Waals surface area contributed by atoms with E-state index in [1.807, 2.05) is 36.4 Å². The Bertz CT molecular complexity index is 799. The summed E-state index contributed by atoms with van der Waals surface area (Å²) in [5, 5.41) is 12.8. The van der Waals surface area contributed by atoms with Gasteiger partial charge < -0.3 is 5.32 Å². The highest BCUT2D eigenvalue weighted by Gasteiger charge is 2.25. The smallest absolute Gasteiger partial charge is 0.225 e. The minimum atomic E-state index is -0.0440. The summed E-state index contributed by atoms with van der Waals surface area (Å²) >= 11 is 4.85. The third kappa shape index (κ3) is 4.59. The van der Waals surface area contributed by atoms with Crippen LogP contribution in [0.4, 0.5) is 5.69 Å². The zero-order chi connectivity index (χ0) is 16.9. The van der Waals surface area contributed by atoms with Crippen molar-refractivity contribution < 1.29 is 4.79 Å². The van der Waals surface area contributed by atoms with Gasteiger partial charge in [-0.05, 0) is 43.2 Å². The third-order valence-corrected chi connectivity index (χ3v) is 5.16. The van der Waals surface area contributed by atoms with Gasteiger partial charge in [0.05, 0.1) is 5.56 Å². The number of anilines is 1. The summed E-state index contributed by atoms with van der Waals surface area (Å²) in [6.45, 7) is 0. The molecule has 1 N–H and O–H groups in total. The van der Waals surface area contributed by atoms with Crippen molar-refractivity contribution in [3.8, 4) is 6.07 Å². The Kier molecular flexibility index (Phi) is 5.54. The second-order valence-electron chi connectivity index (χ2n) is 5.63. The molecule has 3 rings (SSSR count). The van der Waals surface area contributed by atoms with Crippen LogP contribution >= 0.6 is 27.7 Å². The molecule has 1 aromatic carbocycles. The summed E-state index contributed by atoms with van der Waals surface area (Å²) in [5.74, 6) is 1.10. The molecule has 0 unspecified atom stereocenters. The van der Waals surface area contributed by atoms with Gasteiger partial charge in [-0.15, -0.1) is 11.8 Å². The van der Waals surface area contributed by atoms with E-state index in [1.54, 1.807) is 0 Å². The maximum absolute atomic E-state index is 12.0. The molecule has 0 aliphatic heterocycles. The molecule has 2 aromatic rings. The average Bonchev–Trinajstić information content (AvgIpc) is 3.39. The lowest BCUT2D eigenvalue weighted by Crippen LogP contribution is -2.12. The van der Waals surface area contributed by atoms with Crippen molar-refractivity contribution in [3.05, 3.63) is 52.1 Å². The fourth-order valence-corrected chi connectivity index (χ4v) is 3.61. The molecule has 1 saturated carbocycles. The number of hydrogen-bond donors (Lipinski definition) is 1. The second kappa shape index (κ2) is 7.82. The molecule has 24 heavy (non-hydrogen) atoms. The van der Waals surface area contributed by atoms with Crippen LogP contribution in [-0.2, 0) is 4.79 Å². The quantitative estimate of drug-likeness (QED) is 0.711. The summed E-state index contributed by atoms with van der Waals surface area (Å²) in [7, 11) is 0. The van der Waals surface area contributed by atoms with E-state index in [1.165, 1.54) is 24.6 Å². The number of halogens is 1. The first-order valence-electron chi connectivity index (χ1n) is 7.75. The molecule has 0 bridgehead atoms. The Balaban J connectivity index is 1.55. The molecule has 1 aromatic heterocycles. The third-order valence-electron chi connectivity index (χ3n) is 3.67. The van der Waals surface area contributed by atoms with E-state index in [2.05, 4.69) is 32.3 Å². The molecule has 4 nitrogen and oxygen atoms in total. The summed E-state index contributed by atoms with van der Waals surface area (Å²) < 4.78 is 0.925. The van der Waals surface area contributed by atoms with Gasteiger partial charge in [-0.3, -0.25) is 4.79 Å². The first kappa shape index (κ1) is 17.0. The van der Waals surface area contributed by atoms with E-state index in [9.17, 15) is 10.1 Å². The number of benzene rings is 1.